The normalized spacial score (nSPS) is 12.3. The average Bonchev–Trinajstić information content (AvgIpc) is 2.80. The van der Waals surface area contributed by atoms with E-state index in [-0.39, 0.29) is 25.7 Å². The summed E-state index contributed by atoms with van der Waals surface area (Å²) in [5, 5.41) is 0. The fraction of sp³-hybridized carbons (Fsp3) is 0.250. The molecule has 3 rings (SSSR count). The van der Waals surface area contributed by atoms with Gasteiger partial charge in [-0.2, -0.15) is 0 Å². The predicted molar refractivity (Wildman–Crippen MR) is 121 cm³/mol. The average molecular weight is 438 g/mol. The minimum atomic E-state index is -3.75. The zero-order valence-corrected chi connectivity index (χ0v) is 18.7. The van der Waals surface area contributed by atoms with Crippen LogP contribution in [0.2, 0.25) is 0 Å². The number of rotatable bonds is 10. The van der Waals surface area contributed by atoms with E-state index in [1.807, 2.05) is 36.4 Å². The van der Waals surface area contributed by atoms with Gasteiger partial charge in [0.15, 0.2) is 5.78 Å². The zero-order valence-electron chi connectivity index (χ0n) is 17.8. The Morgan fingerprint density at radius 2 is 1.55 bits per heavy atom. The van der Waals surface area contributed by atoms with Crippen LogP contribution in [0, 0.1) is 0 Å². The Bertz CT molecular complexity index is 990. The molecule has 2 aromatic carbocycles. The van der Waals surface area contributed by atoms with Gasteiger partial charge in [0, 0.05) is 30.1 Å². The molecule has 1 aromatic heterocycles. The molecule has 0 radical (unpaired) electrons. The maximum Gasteiger partial charge on any atom is 0.357 e. The third-order valence-corrected chi connectivity index (χ3v) is 7.08. The topological polar surface area (TPSA) is 68.7 Å². The van der Waals surface area contributed by atoms with Crippen molar-refractivity contribution in [1.82, 2.24) is 9.88 Å². The van der Waals surface area contributed by atoms with Crippen molar-refractivity contribution in [2.24, 2.45) is 0 Å². The fourth-order valence-corrected chi connectivity index (χ4v) is 5.52. The molecule has 1 unspecified atom stereocenters. The molecule has 0 aliphatic heterocycles. The van der Waals surface area contributed by atoms with Crippen LogP contribution in [0.5, 0.6) is 0 Å². The first-order chi connectivity index (χ1) is 15.1. The van der Waals surface area contributed by atoms with Gasteiger partial charge < -0.3 is 13.9 Å². The van der Waals surface area contributed by atoms with Crippen LogP contribution in [0.1, 0.15) is 41.1 Å². The summed E-state index contributed by atoms with van der Waals surface area (Å²) >= 11 is 0. The second-order valence-corrected chi connectivity index (χ2v) is 8.91. The molecule has 0 saturated carbocycles. The summed E-state index contributed by atoms with van der Waals surface area (Å²) in [6.07, 6.45) is 3.24. The van der Waals surface area contributed by atoms with Gasteiger partial charge >= 0.3 is 7.60 Å². The number of nitrogens with zero attached hydrogens (tertiary/aromatic N) is 2. The van der Waals surface area contributed by atoms with Gasteiger partial charge in [-0.1, -0.05) is 54.6 Å². The molecule has 3 aromatic rings. The van der Waals surface area contributed by atoms with Crippen molar-refractivity contribution >= 4 is 13.5 Å². The van der Waals surface area contributed by atoms with Crippen molar-refractivity contribution < 1.29 is 18.4 Å². The Morgan fingerprint density at radius 3 is 2.10 bits per heavy atom. The molecule has 0 bridgehead atoms. The molecule has 1 atom stereocenters. The Balaban J connectivity index is 2.16. The van der Waals surface area contributed by atoms with E-state index in [4.69, 9.17) is 9.05 Å². The largest absolute Gasteiger partial charge is 0.357 e. The van der Waals surface area contributed by atoms with Crippen LogP contribution in [0.25, 0.3) is 0 Å². The molecule has 1 heterocycles. The van der Waals surface area contributed by atoms with E-state index >= 15 is 0 Å². The van der Waals surface area contributed by atoms with Gasteiger partial charge in [0.05, 0.1) is 13.2 Å². The number of carbonyl (C=O) groups is 1. The van der Waals surface area contributed by atoms with Crippen LogP contribution >= 0.6 is 7.60 Å². The quantitative estimate of drug-likeness (QED) is 0.381. The lowest BCUT2D eigenvalue weighted by Crippen LogP contribution is -2.35. The van der Waals surface area contributed by atoms with Crippen molar-refractivity contribution in [2.45, 2.75) is 26.2 Å². The second kappa shape index (κ2) is 11.0. The van der Waals surface area contributed by atoms with E-state index in [1.165, 1.54) is 0 Å². The summed E-state index contributed by atoms with van der Waals surface area (Å²) in [6, 6.07) is 22.1. The van der Waals surface area contributed by atoms with Gasteiger partial charge in [0.25, 0.3) is 5.91 Å². The van der Waals surface area contributed by atoms with Crippen LogP contribution in [-0.2, 0) is 20.2 Å². The Kier molecular flexibility index (Phi) is 8.13. The Labute approximate surface area is 183 Å². The fourth-order valence-electron chi connectivity index (χ4n) is 3.40. The summed E-state index contributed by atoms with van der Waals surface area (Å²) < 4.78 is 25.4. The number of hydrogen-bond acceptors (Lipinski definition) is 5. The molecule has 162 valence electrons. The lowest BCUT2D eigenvalue weighted by Gasteiger charge is -2.36. The monoisotopic (exact) mass is 438 g/mol. The Morgan fingerprint density at radius 1 is 0.935 bits per heavy atom. The summed E-state index contributed by atoms with van der Waals surface area (Å²) in [7, 11) is -3.75. The van der Waals surface area contributed by atoms with E-state index in [9.17, 15) is 9.36 Å². The number of pyridine rings is 1. The smallest absolute Gasteiger partial charge is 0.316 e. The SMILES string of the molecule is CCOP(=O)(OCC)C(c1cccnc1)N(Cc1ccccc1)C(=O)c1ccccc1. The van der Waals surface area contributed by atoms with Gasteiger partial charge in [-0.15, -0.1) is 0 Å². The maximum atomic E-state index is 14.0. The van der Waals surface area contributed by atoms with Crippen molar-refractivity contribution in [3.8, 4) is 0 Å². The molecule has 1 amide bonds. The molecule has 6 nitrogen and oxygen atoms in total. The summed E-state index contributed by atoms with van der Waals surface area (Å²) in [6.45, 7) is 4.12. The standard InChI is InChI=1S/C24H27N2O4P/c1-3-29-31(28,30-4-2)24(22-16-11-17-25-18-22)26(19-20-12-7-5-8-13-20)23(27)21-14-9-6-10-15-21/h5-18,24H,3-4,19H2,1-2H3. The third kappa shape index (κ3) is 5.67. The highest BCUT2D eigenvalue weighted by atomic mass is 31.2. The summed E-state index contributed by atoms with van der Waals surface area (Å²) in [4.78, 5) is 19.4. The number of benzene rings is 2. The van der Waals surface area contributed by atoms with Crippen molar-refractivity contribution in [1.29, 1.82) is 0 Å². The maximum absolute atomic E-state index is 14.0. The van der Waals surface area contributed by atoms with Gasteiger partial charge in [0.1, 0.15) is 0 Å². The molecule has 0 aliphatic carbocycles. The number of amides is 1. The molecular formula is C24H27N2O4P. The van der Waals surface area contributed by atoms with Gasteiger partial charge in [-0.25, -0.2) is 0 Å². The highest BCUT2D eigenvalue weighted by Gasteiger charge is 2.43. The van der Waals surface area contributed by atoms with Gasteiger partial charge in [-0.05, 0) is 37.6 Å². The van der Waals surface area contributed by atoms with E-state index in [0.29, 0.717) is 11.1 Å². The van der Waals surface area contributed by atoms with E-state index in [2.05, 4.69) is 4.98 Å². The van der Waals surface area contributed by atoms with E-state index < -0.39 is 13.4 Å². The molecule has 0 saturated heterocycles. The van der Waals surface area contributed by atoms with Crippen molar-refractivity contribution in [3.63, 3.8) is 0 Å². The Hall–Kier alpha value is -2.79. The molecule has 31 heavy (non-hydrogen) atoms. The summed E-state index contributed by atoms with van der Waals surface area (Å²) in [5.74, 6) is -1.22. The number of aromatic nitrogens is 1. The minimum absolute atomic E-state index is 0.187. The van der Waals surface area contributed by atoms with Crippen molar-refractivity contribution in [3.05, 3.63) is 102 Å². The molecular weight excluding hydrogens is 411 g/mol. The molecule has 0 aliphatic rings. The first kappa shape index (κ1) is 22.9. The van der Waals surface area contributed by atoms with Crippen molar-refractivity contribution in [2.75, 3.05) is 13.2 Å². The van der Waals surface area contributed by atoms with Crippen LogP contribution in [-0.4, -0.2) is 29.0 Å². The highest BCUT2D eigenvalue weighted by Crippen LogP contribution is 2.62. The van der Waals surface area contributed by atoms with Crippen LogP contribution < -0.4 is 0 Å². The first-order valence-electron chi connectivity index (χ1n) is 10.3. The highest BCUT2D eigenvalue weighted by molar-refractivity contribution is 7.54. The lowest BCUT2D eigenvalue weighted by atomic mass is 10.1. The van der Waals surface area contributed by atoms with Gasteiger partial charge in [0.2, 0.25) is 0 Å². The lowest BCUT2D eigenvalue weighted by molar-refractivity contribution is 0.0676. The molecule has 0 fully saturated rings. The van der Waals surface area contributed by atoms with Crippen LogP contribution in [0.3, 0.4) is 0 Å². The van der Waals surface area contributed by atoms with E-state index in [0.717, 1.165) is 5.56 Å². The first-order valence-corrected chi connectivity index (χ1v) is 11.9. The van der Waals surface area contributed by atoms with Crippen LogP contribution in [0.15, 0.2) is 85.2 Å². The van der Waals surface area contributed by atoms with Gasteiger partial charge in [-0.3, -0.25) is 14.3 Å². The predicted octanol–water partition coefficient (Wildman–Crippen LogP) is 5.69. The summed E-state index contributed by atoms with van der Waals surface area (Å²) in [5.41, 5.74) is 1.99. The second-order valence-electron chi connectivity index (χ2n) is 6.82. The number of carbonyl (C=O) groups excluding carboxylic acids is 1. The van der Waals surface area contributed by atoms with E-state index in [1.54, 1.807) is 67.5 Å². The zero-order chi connectivity index (χ0) is 22.1. The minimum Gasteiger partial charge on any atom is -0.316 e. The molecule has 0 N–H and O–H groups in total. The van der Waals surface area contributed by atoms with Crippen LogP contribution in [0.4, 0.5) is 0 Å². The molecule has 7 heteroatoms. The molecule has 0 spiro atoms. The third-order valence-electron chi connectivity index (χ3n) is 4.67. The number of hydrogen-bond donors (Lipinski definition) is 0.